The molecule has 0 amide bonds. The van der Waals surface area contributed by atoms with Crippen LogP contribution in [0.15, 0.2) is 41.7 Å². The van der Waals surface area contributed by atoms with Gasteiger partial charge < -0.3 is 10.2 Å². The standard InChI is InChI=1S/C20H31N7.HI/c1-16(26(3)14-17-7-5-4-6-8-17)13-22-20(21-2)27-11-9-18(10-12-27)19-23-15-24-25-19;/h4-8,15-16,18H,9-14H2,1-3H3,(H,21,22)(H,23,24,25);1H. The molecule has 1 aliphatic rings. The highest BCUT2D eigenvalue weighted by Gasteiger charge is 2.24. The van der Waals surface area contributed by atoms with Crippen LogP contribution in [0.3, 0.4) is 0 Å². The minimum atomic E-state index is 0. The fraction of sp³-hybridized carbons (Fsp3) is 0.550. The molecule has 2 N–H and O–H groups in total. The van der Waals surface area contributed by atoms with E-state index in [9.17, 15) is 0 Å². The Bertz CT molecular complexity index is 697. The number of guanidine groups is 1. The van der Waals surface area contributed by atoms with Gasteiger partial charge in [-0.2, -0.15) is 5.10 Å². The predicted molar refractivity (Wildman–Crippen MR) is 124 cm³/mol. The fourth-order valence-corrected chi connectivity index (χ4v) is 3.53. The summed E-state index contributed by atoms with van der Waals surface area (Å²) in [5.74, 6) is 2.47. The van der Waals surface area contributed by atoms with Crippen molar-refractivity contribution < 1.29 is 0 Å². The van der Waals surface area contributed by atoms with Crippen molar-refractivity contribution in [3.63, 3.8) is 0 Å². The molecule has 0 bridgehead atoms. The van der Waals surface area contributed by atoms with E-state index in [1.54, 1.807) is 6.33 Å². The zero-order valence-electron chi connectivity index (χ0n) is 17.0. The van der Waals surface area contributed by atoms with Crippen LogP contribution in [-0.2, 0) is 6.54 Å². The lowest BCUT2D eigenvalue weighted by Crippen LogP contribution is -2.48. The SMILES string of the molecule is CN=C(NCC(C)N(C)Cc1ccccc1)N1CCC(c2ncn[nH]2)CC1.I. The Morgan fingerprint density at radius 3 is 2.64 bits per heavy atom. The van der Waals surface area contributed by atoms with Crippen LogP contribution in [0.5, 0.6) is 0 Å². The van der Waals surface area contributed by atoms with Crippen molar-refractivity contribution in [2.24, 2.45) is 4.99 Å². The summed E-state index contributed by atoms with van der Waals surface area (Å²) in [6.07, 6.45) is 3.73. The molecular formula is C20H32IN7. The van der Waals surface area contributed by atoms with Crippen LogP contribution in [-0.4, -0.2) is 70.7 Å². The van der Waals surface area contributed by atoms with Gasteiger partial charge in [0.25, 0.3) is 0 Å². The molecule has 1 atom stereocenters. The van der Waals surface area contributed by atoms with Gasteiger partial charge in [0.1, 0.15) is 12.2 Å². The first-order valence-electron chi connectivity index (χ1n) is 9.72. The molecule has 154 valence electrons. The first-order chi connectivity index (χ1) is 13.2. The summed E-state index contributed by atoms with van der Waals surface area (Å²) in [4.78, 5) is 13.5. The minimum absolute atomic E-state index is 0. The molecule has 2 heterocycles. The maximum absolute atomic E-state index is 4.49. The Labute approximate surface area is 185 Å². The second-order valence-corrected chi connectivity index (χ2v) is 7.31. The number of H-pyrrole nitrogens is 1. The van der Waals surface area contributed by atoms with E-state index in [0.717, 1.165) is 50.8 Å². The third-order valence-corrected chi connectivity index (χ3v) is 5.41. The van der Waals surface area contributed by atoms with Crippen LogP contribution < -0.4 is 5.32 Å². The maximum atomic E-state index is 4.49. The van der Waals surface area contributed by atoms with E-state index in [4.69, 9.17) is 0 Å². The molecule has 1 fully saturated rings. The van der Waals surface area contributed by atoms with Crippen LogP contribution in [0.4, 0.5) is 0 Å². The van der Waals surface area contributed by atoms with Gasteiger partial charge in [-0.15, -0.1) is 24.0 Å². The molecule has 28 heavy (non-hydrogen) atoms. The number of benzene rings is 1. The van der Waals surface area contributed by atoms with Crippen LogP contribution in [0, 0.1) is 0 Å². The first-order valence-corrected chi connectivity index (χ1v) is 9.72. The molecule has 1 aromatic heterocycles. The Balaban J connectivity index is 0.00000280. The smallest absolute Gasteiger partial charge is 0.193 e. The van der Waals surface area contributed by atoms with E-state index in [2.05, 4.69) is 79.6 Å². The van der Waals surface area contributed by atoms with E-state index < -0.39 is 0 Å². The van der Waals surface area contributed by atoms with E-state index >= 15 is 0 Å². The average molecular weight is 497 g/mol. The van der Waals surface area contributed by atoms with E-state index in [-0.39, 0.29) is 24.0 Å². The number of piperidine rings is 1. The first kappa shape index (κ1) is 22.6. The lowest BCUT2D eigenvalue weighted by molar-refractivity contribution is 0.244. The molecule has 0 radical (unpaired) electrons. The van der Waals surface area contributed by atoms with E-state index in [1.807, 2.05) is 7.05 Å². The van der Waals surface area contributed by atoms with Crippen molar-refractivity contribution in [2.75, 3.05) is 33.7 Å². The van der Waals surface area contributed by atoms with Gasteiger partial charge in [-0.05, 0) is 32.4 Å². The number of aromatic nitrogens is 3. The van der Waals surface area contributed by atoms with Gasteiger partial charge in [0.2, 0.25) is 0 Å². The average Bonchev–Trinajstić information content (AvgIpc) is 3.24. The van der Waals surface area contributed by atoms with Gasteiger partial charge in [-0.1, -0.05) is 30.3 Å². The summed E-state index contributed by atoms with van der Waals surface area (Å²) >= 11 is 0. The lowest BCUT2D eigenvalue weighted by Gasteiger charge is -2.34. The van der Waals surface area contributed by atoms with Crippen molar-refractivity contribution in [1.29, 1.82) is 0 Å². The fourth-order valence-electron chi connectivity index (χ4n) is 3.53. The maximum Gasteiger partial charge on any atom is 0.193 e. The molecule has 1 saturated heterocycles. The van der Waals surface area contributed by atoms with Crippen molar-refractivity contribution in [2.45, 2.75) is 38.3 Å². The second-order valence-electron chi connectivity index (χ2n) is 7.31. The topological polar surface area (TPSA) is 72.4 Å². The number of likely N-dealkylation sites (N-methyl/N-ethyl adjacent to an activating group) is 1. The molecular weight excluding hydrogens is 465 g/mol. The summed E-state index contributed by atoms with van der Waals surface area (Å²) < 4.78 is 0. The molecule has 2 aromatic rings. The molecule has 0 aliphatic carbocycles. The highest BCUT2D eigenvalue weighted by Crippen LogP contribution is 2.24. The van der Waals surface area contributed by atoms with Crippen molar-refractivity contribution in [1.82, 2.24) is 30.3 Å². The zero-order valence-corrected chi connectivity index (χ0v) is 19.3. The van der Waals surface area contributed by atoms with Crippen molar-refractivity contribution in [3.8, 4) is 0 Å². The molecule has 1 aromatic carbocycles. The highest BCUT2D eigenvalue weighted by atomic mass is 127. The Morgan fingerprint density at radius 1 is 1.32 bits per heavy atom. The summed E-state index contributed by atoms with van der Waals surface area (Å²) in [5.41, 5.74) is 1.34. The largest absolute Gasteiger partial charge is 0.355 e. The van der Waals surface area contributed by atoms with Crippen molar-refractivity contribution in [3.05, 3.63) is 48.0 Å². The predicted octanol–water partition coefficient (Wildman–Crippen LogP) is 2.70. The number of rotatable bonds is 6. The van der Waals surface area contributed by atoms with Gasteiger partial charge in [-0.3, -0.25) is 15.0 Å². The normalized spacial score (nSPS) is 16.7. The Kier molecular flexibility index (Phi) is 9.17. The molecule has 1 unspecified atom stereocenters. The van der Waals surface area contributed by atoms with Gasteiger partial charge >= 0.3 is 0 Å². The number of aromatic amines is 1. The number of likely N-dealkylation sites (tertiary alicyclic amines) is 1. The molecule has 7 nitrogen and oxygen atoms in total. The van der Waals surface area contributed by atoms with Crippen LogP contribution in [0.2, 0.25) is 0 Å². The third-order valence-electron chi connectivity index (χ3n) is 5.41. The molecule has 0 saturated carbocycles. The molecule has 1 aliphatic heterocycles. The summed E-state index contributed by atoms with van der Waals surface area (Å²) in [7, 11) is 4.04. The molecule has 8 heteroatoms. The van der Waals surface area contributed by atoms with Crippen molar-refractivity contribution >= 4 is 29.9 Å². The summed E-state index contributed by atoms with van der Waals surface area (Å²) in [5, 5.41) is 10.5. The van der Waals surface area contributed by atoms with Crippen LogP contribution in [0.25, 0.3) is 0 Å². The summed E-state index contributed by atoms with van der Waals surface area (Å²) in [6.45, 7) is 6.04. The number of halogens is 1. The van der Waals surface area contributed by atoms with Gasteiger partial charge in [-0.25, -0.2) is 4.98 Å². The lowest BCUT2D eigenvalue weighted by atomic mass is 9.96. The highest BCUT2D eigenvalue weighted by molar-refractivity contribution is 14.0. The van der Waals surface area contributed by atoms with E-state index in [1.165, 1.54) is 5.56 Å². The van der Waals surface area contributed by atoms with Crippen LogP contribution in [0.1, 0.15) is 37.1 Å². The third kappa shape index (κ3) is 6.16. The van der Waals surface area contributed by atoms with Gasteiger partial charge in [0.05, 0.1) is 0 Å². The van der Waals surface area contributed by atoms with Gasteiger partial charge in [0, 0.05) is 45.2 Å². The van der Waals surface area contributed by atoms with Crippen LogP contribution >= 0.6 is 24.0 Å². The second kappa shape index (κ2) is 11.4. The molecule has 0 spiro atoms. The Morgan fingerprint density at radius 2 is 2.04 bits per heavy atom. The minimum Gasteiger partial charge on any atom is -0.355 e. The number of aliphatic imine (C=N–C) groups is 1. The van der Waals surface area contributed by atoms with E-state index in [0.29, 0.717) is 12.0 Å². The quantitative estimate of drug-likeness (QED) is 0.365. The Hall–Kier alpha value is -1.68. The van der Waals surface area contributed by atoms with Gasteiger partial charge in [0.15, 0.2) is 5.96 Å². The molecule has 3 rings (SSSR count). The monoisotopic (exact) mass is 497 g/mol. The zero-order chi connectivity index (χ0) is 19.1. The number of nitrogens with one attached hydrogen (secondary N) is 2. The summed E-state index contributed by atoms with van der Waals surface area (Å²) in [6, 6.07) is 11.0. The number of nitrogens with zero attached hydrogens (tertiary/aromatic N) is 5. The number of hydrogen-bond acceptors (Lipinski definition) is 4. The number of hydrogen-bond donors (Lipinski definition) is 2.